The summed E-state index contributed by atoms with van der Waals surface area (Å²) in [6.07, 6.45) is 0. The van der Waals surface area contributed by atoms with Gasteiger partial charge in [0.1, 0.15) is 0 Å². The van der Waals surface area contributed by atoms with Crippen LogP contribution >= 0.6 is 39.3 Å². The first-order chi connectivity index (χ1) is 7.70. The van der Waals surface area contributed by atoms with Crippen LogP contribution in [-0.2, 0) is 5.88 Å². The Kier molecular flexibility index (Phi) is 4.45. The number of nitrogens with zero attached hydrogens (tertiary/aromatic N) is 1. The minimum atomic E-state index is 0.576. The van der Waals surface area contributed by atoms with E-state index < -0.39 is 0 Å². The molecule has 16 heavy (non-hydrogen) atoms. The second kappa shape index (κ2) is 5.65. The molecule has 0 aliphatic carbocycles. The van der Waals surface area contributed by atoms with Gasteiger partial charge in [0, 0.05) is 40.1 Å². The van der Waals surface area contributed by atoms with Crippen molar-refractivity contribution in [3.8, 4) is 0 Å². The number of benzene rings is 1. The van der Waals surface area contributed by atoms with Gasteiger partial charge in [-0.3, -0.25) is 0 Å². The summed E-state index contributed by atoms with van der Waals surface area (Å²) < 4.78 is 1.10. The zero-order valence-electron chi connectivity index (χ0n) is 9.25. The van der Waals surface area contributed by atoms with Crippen molar-refractivity contribution in [2.75, 3.05) is 23.7 Å². The van der Waals surface area contributed by atoms with Crippen LogP contribution in [0.3, 0.4) is 0 Å². The van der Waals surface area contributed by atoms with Crippen molar-refractivity contribution in [3.63, 3.8) is 0 Å². The van der Waals surface area contributed by atoms with Crippen LogP contribution in [-0.4, -0.2) is 24.1 Å². The van der Waals surface area contributed by atoms with Crippen molar-refractivity contribution in [1.29, 1.82) is 0 Å². The molecule has 1 aromatic carbocycles. The van der Waals surface area contributed by atoms with Crippen molar-refractivity contribution in [3.05, 3.63) is 28.2 Å². The molecule has 1 saturated heterocycles. The first-order valence-corrected chi connectivity index (χ1v) is 7.79. The Bertz CT molecular complexity index is 372. The molecule has 0 radical (unpaired) electrons. The van der Waals surface area contributed by atoms with Crippen LogP contribution in [0, 0.1) is 0 Å². The Balaban J connectivity index is 2.24. The molecule has 88 valence electrons. The van der Waals surface area contributed by atoms with Gasteiger partial charge < -0.3 is 4.90 Å². The van der Waals surface area contributed by atoms with E-state index in [0.717, 1.165) is 17.6 Å². The van der Waals surface area contributed by atoms with Crippen LogP contribution in [0.5, 0.6) is 0 Å². The summed E-state index contributed by atoms with van der Waals surface area (Å²) in [6, 6.07) is 6.39. The van der Waals surface area contributed by atoms with E-state index in [9.17, 15) is 0 Å². The molecule has 1 aliphatic rings. The van der Waals surface area contributed by atoms with E-state index in [2.05, 4.69) is 46.0 Å². The van der Waals surface area contributed by atoms with E-state index in [4.69, 9.17) is 11.6 Å². The smallest absolute Gasteiger partial charge is 0.0494 e. The zero-order valence-corrected chi connectivity index (χ0v) is 12.4. The lowest BCUT2D eigenvalue weighted by atomic mass is 10.1. The van der Waals surface area contributed by atoms with E-state index in [1.807, 2.05) is 11.8 Å². The highest BCUT2D eigenvalue weighted by Crippen LogP contribution is 2.29. The van der Waals surface area contributed by atoms with Gasteiger partial charge in [0.15, 0.2) is 0 Å². The summed E-state index contributed by atoms with van der Waals surface area (Å²) in [5.41, 5.74) is 2.51. The largest absolute Gasteiger partial charge is 0.369 e. The van der Waals surface area contributed by atoms with Gasteiger partial charge in [0.2, 0.25) is 0 Å². The third-order valence-electron chi connectivity index (χ3n) is 2.77. The lowest BCUT2D eigenvalue weighted by Gasteiger charge is -2.33. The van der Waals surface area contributed by atoms with Crippen molar-refractivity contribution < 1.29 is 0 Å². The number of hydrogen-bond donors (Lipinski definition) is 0. The molecular weight excluding hydrogens is 306 g/mol. The molecule has 1 fully saturated rings. The number of alkyl halides is 1. The van der Waals surface area contributed by atoms with Crippen molar-refractivity contribution in [2.45, 2.75) is 18.1 Å². The highest BCUT2D eigenvalue weighted by Gasteiger charge is 2.18. The molecule has 1 unspecified atom stereocenters. The van der Waals surface area contributed by atoms with Gasteiger partial charge in [-0.05, 0) is 23.8 Å². The second-order valence-corrected chi connectivity index (χ2v) is 6.76. The average molecular weight is 321 g/mol. The maximum absolute atomic E-state index is 6.01. The summed E-state index contributed by atoms with van der Waals surface area (Å²) in [4.78, 5) is 2.45. The van der Waals surface area contributed by atoms with E-state index in [1.54, 1.807) is 0 Å². The SMILES string of the molecule is CC1CN(c2ccc(Br)cc2CCl)CCS1. The first kappa shape index (κ1) is 12.6. The highest BCUT2D eigenvalue weighted by molar-refractivity contribution is 9.10. The third kappa shape index (κ3) is 2.88. The molecule has 1 aliphatic heterocycles. The van der Waals surface area contributed by atoms with Crippen LogP contribution in [0.4, 0.5) is 5.69 Å². The predicted octanol–water partition coefficient (Wildman–Crippen LogP) is 4.13. The highest BCUT2D eigenvalue weighted by atomic mass is 79.9. The van der Waals surface area contributed by atoms with Crippen LogP contribution in [0.25, 0.3) is 0 Å². The summed E-state index contributed by atoms with van der Waals surface area (Å²) in [7, 11) is 0. The minimum Gasteiger partial charge on any atom is -0.369 e. The fraction of sp³-hybridized carbons (Fsp3) is 0.500. The number of rotatable bonds is 2. The van der Waals surface area contributed by atoms with Gasteiger partial charge in [-0.25, -0.2) is 0 Å². The quantitative estimate of drug-likeness (QED) is 0.754. The third-order valence-corrected chi connectivity index (χ3v) is 4.68. The van der Waals surface area contributed by atoms with E-state index in [-0.39, 0.29) is 0 Å². The molecule has 1 nitrogen and oxygen atoms in total. The van der Waals surface area contributed by atoms with Crippen molar-refractivity contribution in [2.24, 2.45) is 0 Å². The molecule has 1 heterocycles. The summed E-state index contributed by atoms with van der Waals surface area (Å²) in [5.74, 6) is 1.78. The fourth-order valence-corrected chi connectivity index (χ4v) is 3.64. The summed E-state index contributed by atoms with van der Waals surface area (Å²) in [5, 5.41) is 0.709. The fourth-order valence-electron chi connectivity index (χ4n) is 2.01. The Labute approximate surface area is 115 Å². The van der Waals surface area contributed by atoms with E-state index in [0.29, 0.717) is 11.1 Å². The summed E-state index contributed by atoms with van der Waals surface area (Å²) in [6.45, 7) is 4.53. The van der Waals surface area contributed by atoms with Gasteiger partial charge in [-0.1, -0.05) is 22.9 Å². The van der Waals surface area contributed by atoms with Gasteiger partial charge in [-0.2, -0.15) is 11.8 Å². The van der Waals surface area contributed by atoms with Gasteiger partial charge in [0.05, 0.1) is 0 Å². The van der Waals surface area contributed by atoms with E-state index in [1.165, 1.54) is 17.0 Å². The average Bonchev–Trinajstić information content (AvgIpc) is 2.28. The molecule has 0 saturated carbocycles. The molecular formula is C12H15BrClNS. The van der Waals surface area contributed by atoms with Crippen LogP contribution < -0.4 is 4.90 Å². The molecule has 4 heteroatoms. The molecule has 2 rings (SSSR count). The predicted molar refractivity (Wildman–Crippen MR) is 77.8 cm³/mol. The standard InChI is InChI=1S/C12H15BrClNS/c1-9-8-15(4-5-16-9)12-3-2-11(13)6-10(12)7-14/h2-3,6,9H,4-5,7-8H2,1H3. The molecule has 0 N–H and O–H groups in total. The zero-order chi connectivity index (χ0) is 11.5. The number of anilines is 1. The van der Waals surface area contributed by atoms with Gasteiger partial charge in [-0.15, -0.1) is 11.6 Å². The Morgan fingerprint density at radius 2 is 2.38 bits per heavy atom. The molecule has 0 bridgehead atoms. The maximum Gasteiger partial charge on any atom is 0.0494 e. The lowest BCUT2D eigenvalue weighted by molar-refractivity contribution is 0.779. The molecule has 0 aromatic heterocycles. The normalized spacial score (nSPS) is 21.2. The molecule has 1 atom stereocenters. The Morgan fingerprint density at radius 1 is 1.56 bits per heavy atom. The molecule has 0 amide bonds. The topological polar surface area (TPSA) is 3.24 Å². The van der Waals surface area contributed by atoms with Crippen molar-refractivity contribution >= 4 is 45.0 Å². The number of thioether (sulfide) groups is 1. The summed E-state index contributed by atoms with van der Waals surface area (Å²) >= 11 is 11.5. The maximum atomic E-state index is 6.01. The number of halogens is 2. The minimum absolute atomic E-state index is 0.576. The molecule has 0 spiro atoms. The van der Waals surface area contributed by atoms with Gasteiger partial charge in [0.25, 0.3) is 0 Å². The second-order valence-electron chi connectivity index (χ2n) is 4.03. The van der Waals surface area contributed by atoms with Gasteiger partial charge >= 0.3 is 0 Å². The molecule has 1 aromatic rings. The lowest BCUT2D eigenvalue weighted by Crippen LogP contribution is -2.37. The van der Waals surface area contributed by atoms with E-state index >= 15 is 0 Å². The number of hydrogen-bond acceptors (Lipinski definition) is 2. The van der Waals surface area contributed by atoms with Crippen LogP contribution in [0.1, 0.15) is 12.5 Å². The van der Waals surface area contributed by atoms with Crippen LogP contribution in [0.15, 0.2) is 22.7 Å². The monoisotopic (exact) mass is 319 g/mol. The Hall–Kier alpha value is 0.140. The van der Waals surface area contributed by atoms with Crippen molar-refractivity contribution in [1.82, 2.24) is 0 Å². The Morgan fingerprint density at radius 3 is 3.06 bits per heavy atom. The van der Waals surface area contributed by atoms with Crippen LogP contribution in [0.2, 0.25) is 0 Å². The first-order valence-electron chi connectivity index (χ1n) is 5.41.